The normalized spacial score (nSPS) is 28.0. The summed E-state index contributed by atoms with van der Waals surface area (Å²) in [6.07, 6.45) is 2.03. The van der Waals surface area contributed by atoms with E-state index >= 15 is 0 Å². The zero-order chi connectivity index (χ0) is 16.7. The van der Waals surface area contributed by atoms with Crippen LogP contribution in [0.15, 0.2) is 35.7 Å². The van der Waals surface area contributed by atoms with Crippen molar-refractivity contribution >= 4 is 25.9 Å². The summed E-state index contributed by atoms with van der Waals surface area (Å²) in [5.74, 6) is -0.165. The molecule has 2 fully saturated rings. The average molecular weight is 357 g/mol. The molecular weight excluding hydrogens is 338 g/mol. The van der Waals surface area contributed by atoms with Crippen LogP contribution in [0.2, 0.25) is 0 Å². The molecule has 0 spiro atoms. The Balaban J connectivity index is 1.97. The molecule has 2 aliphatic heterocycles. The molecule has 0 aliphatic carbocycles. The van der Waals surface area contributed by atoms with Gasteiger partial charge in [-0.15, -0.1) is 0 Å². The van der Waals surface area contributed by atoms with E-state index in [4.69, 9.17) is 4.74 Å². The highest BCUT2D eigenvalue weighted by atomic mass is 32.2. The average Bonchev–Trinajstić information content (AvgIpc) is 2.55. The van der Waals surface area contributed by atoms with Crippen molar-refractivity contribution < 1.29 is 21.6 Å². The fourth-order valence-corrected chi connectivity index (χ4v) is 6.82. The first kappa shape index (κ1) is 16.6. The van der Waals surface area contributed by atoms with Gasteiger partial charge in [0.05, 0.1) is 17.3 Å². The minimum Gasteiger partial charge on any atom is -0.380 e. The molecule has 0 amide bonds. The van der Waals surface area contributed by atoms with Crippen LogP contribution >= 0.6 is 0 Å². The van der Waals surface area contributed by atoms with Crippen molar-refractivity contribution in [1.29, 1.82) is 0 Å². The quantitative estimate of drug-likeness (QED) is 0.803. The number of rotatable bonds is 3. The topological polar surface area (TPSA) is 80.8 Å². The van der Waals surface area contributed by atoms with Crippen LogP contribution in [0.5, 0.6) is 0 Å². The second kappa shape index (κ2) is 6.01. The third-order valence-electron chi connectivity index (χ3n) is 4.42. The lowest BCUT2D eigenvalue weighted by molar-refractivity contribution is 0.0590. The first-order valence-electron chi connectivity index (χ1n) is 7.40. The van der Waals surface area contributed by atoms with Gasteiger partial charge in [-0.1, -0.05) is 24.8 Å². The Hall–Kier alpha value is -1.22. The van der Waals surface area contributed by atoms with Crippen molar-refractivity contribution in [3.8, 4) is 0 Å². The summed E-state index contributed by atoms with van der Waals surface area (Å²) >= 11 is 0. The van der Waals surface area contributed by atoms with Gasteiger partial charge in [0.1, 0.15) is 5.25 Å². The summed E-state index contributed by atoms with van der Waals surface area (Å²) in [7, 11) is -7.04. The second-order valence-corrected chi connectivity index (χ2v) is 9.96. The van der Waals surface area contributed by atoms with Gasteiger partial charge in [-0.2, -0.15) is 4.31 Å². The lowest BCUT2D eigenvalue weighted by Crippen LogP contribution is -2.59. The third-order valence-corrected chi connectivity index (χ3v) is 8.48. The lowest BCUT2D eigenvalue weighted by atomic mass is 10.1. The Morgan fingerprint density at radius 3 is 2.61 bits per heavy atom. The van der Waals surface area contributed by atoms with E-state index in [2.05, 4.69) is 6.58 Å². The van der Waals surface area contributed by atoms with Crippen molar-refractivity contribution in [2.75, 3.05) is 25.5 Å². The SMILES string of the molecule is C=Cc1ccc(S(=O)(=O)N2CCS(=O)(=O)C3COCCC32)cc1. The molecule has 2 aliphatic rings. The molecule has 6 nitrogen and oxygen atoms in total. The molecule has 2 atom stereocenters. The largest absolute Gasteiger partial charge is 0.380 e. The minimum absolute atomic E-state index is 0.00492. The van der Waals surface area contributed by atoms with E-state index in [1.807, 2.05) is 0 Å². The third kappa shape index (κ3) is 2.96. The highest BCUT2D eigenvalue weighted by Crippen LogP contribution is 2.31. The van der Waals surface area contributed by atoms with Gasteiger partial charge in [-0.25, -0.2) is 16.8 Å². The number of sulfonamides is 1. The highest BCUT2D eigenvalue weighted by molar-refractivity contribution is 7.92. The first-order chi connectivity index (χ1) is 10.9. The van der Waals surface area contributed by atoms with Gasteiger partial charge in [0.25, 0.3) is 0 Å². The van der Waals surface area contributed by atoms with Gasteiger partial charge < -0.3 is 4.74 Å². The van der Waals surface area contributed by atoms with Crippen molar-refractivity contribution in [2.24, 2.45) is 0 Å². The maximum Gasteiger partial charge on any atom is 0.243 e. The fourth-order valence-electron chi connectivity index (χ4n) is 3.12. The molecular formula is C15H19NO5S2. The van der Waals surface area contributed by atoms with E-state index < -0.39 is 31.2 Å². The summed E-state index contributed by atoms with van der Waals surface area (Å²) in [4.78, 5) is 0.174. The molecule has 2 unspecified atom stereocenters. The Labute approximate surface area is 136 Å². The molecule has 3 rings (SSSR count). The van der Waals surface area contributed by atoms with Crippen LogP contribution in [-0.2, 0) is 24.6 Å². The number of benzene rings is 1. The Morgan fingerprint density at radius 1 is 1.26 bits per heavy atom. The van der Waals surface area contributed by atoms with Crippen LogP contribution < -0.4 is 0 Å². The smallest absolute Gasteiger partial charge is 0.243 e. The van der Waals surface area contributed by atoms with Gasteiger partial charge in [0, 0.05) is 19.2 Å². The predicted octanol–water partition coefficient (Wildman–Crippen LogP) is 0.906. The molecule has 23 heavy (non-hydrogen) atoms. The van der Waals surface area contributed by atoms with E-state index in [-0.39, 0.29) is 23.8 Å². The van der Waals surface area contributed by atoms with Crippen LogP contribution in [0.4, 0.5) is 0 Å². The Morgan fingerprint density at radius 2 is 1.96 bits per heavy atom. The van der Waals surface area contributed by atoms with E-state index in [1.165, 1.54) is 16.4 Å². The second-order valence-electron chi connectivity index (χ2n) is 5.73. The van der Waals surface area contributed by atoms with Crippen LogP contribution in [0.25, 0.3) is 6.08 Å². The van der Waals surface area contributed by atoms with Crippen molar-refractivity contribution in [1.82, 2.24) is 4.31 Å². The Bertz CT molecular complexity index is 799. The van der Waals surface area contributed by atoms with Gasteiger partial charge in [0.2, 0.25) is 10.0 Å². The number of sulfone groups is 1. The Kier molecular flexibility index (Phi) is 4.35. The monoisotopic (exact) mass is 357 g/mol. The van der Waals surface area contributed by atoms with Crippen molar-refractivity contribution in [3.63, 3.8) is 0 Å². The number of hydrogen-bond donors (Lipinski definition) is 0. The fraction of sp³-hybridized carbons (Fsp3) is 0.467. The molecule has 126 valence electrons. The molecule has 0 radical (unpaired) electrons. The summed E-state index contributed by atoms with van der Waals surface area (Å²) in [6, 6.07) is 5.88. The maximum atomic E-state index is 12.9. The van der Waals surface area contributed by atoms with E-state index in [0.717, 1.165) is 5.56 Å². The van der Waals surface area contributed by atoms with E-state index in [0.29, 0.717) is 13.0 Å². The first-order valence-corrected chi connectivity index (χ1v) is 10.6. The van der Waals surface area contributed by atoms with E-state index in [9.17, 15) is 16.8 Å². The predicted molar refractivity (Wildman–Crippen MR) is 87.2 cm³/mol. The molecule has 0 aromatic heterocycles. The highest BCUT2D eigenvalue weighted by Gasteiger charge is 2.47. The number of nitrogens with zero attached hydrogens (tertiary/aromatic N) is 1. The van der Waals surface area contributed by atoms with Crippen LogP contribution in [0.1, 0.15) is 12.0 Å². The van der Waals surface area contributed by atoms with Gasteiger partial charge >= 0.3 is 0 Å². The molecule has 2 saturated heterocycles. The van der Waals surface area contributed by atoms with Crippen LogP contribution in [-0.4, -0.2) is 57.9 Å². The molecule has 0 N–H and O–H groups in total. The van der Waals surface area contributed by atoms with Crippen molar-refractivity contribution in [2.45, 2.75) is 22.6 Å². The summed E-state index contributed by atoms with van der Waals surface area (Å²) in [5.41, 5.74) is 0.828. The van der Waals surface area contributed by atoms with Gasteiger partial charge in [-0.05, 0) is 24.1 Å². The lowest BCUT2D eigenvalue weighted by Gasteiger charge is -2.42. The molecule has 1 aromatic rings. The summed E-state index contributed by atoms with van der Waals surface area (Å²) in [5, 5.41) is -0.771. The zero-order valence-corrected chi connectivity index (χ0v) is 14.2. The maximum absolute atomic E-state index is 12.9. The van der Waals surface area contributed by atoms with Gasteiger partial charge in [0.15, 0.2) is 9.84 Å². The van der Waals surface area contributed by atoms with Gasteiger partial charge in [-0.3, -0.25) is 0 Å². The van der Waals surface area contributed by atoms with Crippen LogP contribution in [0.3, 0.4) is 0 Å². The summed E-state index contributed by atoms with van der Waals surface area (Å²) in [6.45, 7) is 4.07. The van der Waals surface area contributed by atoms with E-state index in [1.54, 1.807) is 18.2 Å². The molecule has 1 aromatic carbocycles. The molecule has 0 saturated carbocycles. The standard InChI is InChI=1S/C15H19NO5S2/c1-2-12-3-5-13(6-4-12)23(19,20)16-8-10-22(17,18)15-11-21-9-7-14(15)16/h2-6,14-15H,1,7-11H2. The molecule has 2 heterocycles. The summed E-state index contributed by atoms with van der Waals surface area (Å²) < 4.78 is 56.8. The van der Waals surface area contributed by atoms with Crippen molar-refractivity contribution in [3.05, 3.63) is 36.4 Å². The number of ether oxygens (including phenoxy) is 1. The number of hydrogen-bond acceptors (Lipinski definition) is 5. The minimum atomic E-state index is -3.73. The van der Waals surface area contributed by atoms with Crippen LogP contribution in [0, 0.1) is 0 Å². The number of fused-ring (bicyclic) bond motifs is 1. The molecule has 8 heteroatoms. The zero-order valence-electron chi connectivity index (χ0n) is 12.6. The molecule has 0 bridgehead atoms.